The van der Waals surface area contributed by atoms with Crippen molar-refractivity contribution < 1.29 is 4.74 Å². The van der Waals surface area contributed by atoms with Crippen LogP contribution in [0.25, 0.3) is 0 Å². The van der Waals surface area contributed by atoms with E-state index in [4.69, 9.17) is 4.74 Å². The van der Waals surface area contributed by atoms with Crippen molar-refractivity contribution >= 4 is 0 Å². The molecule has 2 unspecified atom stereocenters. The summed E-state index contributed by atoms with van der Waals surface area (Å²) in [6.45, 7) is 23.6. The molecule has 0 amide bonds. The van der Waals surface area contributed by atoms with Crippen molar-refractivity contribution in [1.82, 2.24) is 0 Å². The van der Waals surface area contributed by atoms with Crippen molar-refractivity contribution in [3.8, 4) is 0 Å². The van der Waals surface area contributed by atoms with Gasteiger partial charge in [0.25, 0.3) is 0 Å². The smallest absolute Gasteiger partial charge is 0.0584 e. The molecule has 1 nitrogen and oxygen atoms in total. The lowest BCUT2D eigenvalue weighted by molar-refractivity contribution is -0.0611. The highest BCUT2D eigenvalue weighted by Gasteiger charge is 2.28. The molecular formula is C24H50O. The van der Waals surface area contributed by atoms with E-state index in [1.54, 1.807) is 0 Å². The first-order valence-electron chi connectivity index (χ1n) is 11.1. The molecule has 0 bridgehead atoms. The highest BCUT2D eigenvalue weighted by molar-refractivity contribution is 4.78. The third kappa shape index (κ3) is 12.9. The topological polar surface area (TPSA) is 9.23 Å². The fourth-order valence-electron chi connectivity index (χ4n) is 3.27. The van der Waals surface area contributed by atoms with Gasteiger partial charge in [-0.05, 0) is 61.2 Å². The van der Waals surface area contributed by atoms with Gasteiger partial charge in [-0.15, -0.1) is 0 Å². The second kappa shape index (κ2) is 11.6. The van der Waals surface area contributed by atoms with Crippen molar-refractivity contribution in [3.05, 3.63) is 0 Å². The van der Waals surface area contributed by atoms with Gasteiger partial charge in [-0.3, -0.25) is 0 Å². The summed E-state index contributed by atoms with van der Waals surface area (Å²) in [6, 6.07) is 0. The van der Waals surface area contributed by atoms with Crippen LogP contribution in [0.1, 0.15) is 121 Å². The van der Waals surface area contributed by atoms with E-state index in [9.17, 15) is 0 Å². The average Bonchev–Trinajstić information content (AvgIpc) is 2.49. The van der Waals surface area contributed by atoms with Crippen molar-refractivity contribution in [2.45, 2.75) is 133 Å². The van der Waals surface area contributed by atoms with Crippen LogP contribution in [0.2, 0.25) is 0 Å². The van der Waals surface area contributed by atoms with Crippen molar-refractivity contribution in [1.29, 1.82) is 0 Å². The molecule has 0 aliphatic rings. The van der Waals surface area contributed by atoms with Crippen LogP contribution in [0.4, 0.5) is 0 Å². The molecule has 0 N–H and O–H groups in total. The molecule has 0 aliphatic heterocycles. The Morgan fingerprint density at radius 1 is 0.600 bits per heavy atom. The molecule has 1 heteroatoms. The summed E-state index contributed by atoms with van der Waals surface area (Å²) in [6.07, 6.45) is 10.7. The number of hydrogen-bond donors (Lipinski definition) is 0. The van der Waals surface area contributed by atoms with E-state index >= 15 is 0 Å². The predicted octanol–water partition coefficient (Wildman–Crippen LogP) is 8.27. The first-order valence-corrected chi connectivity index (χ1v) is 11.1. The molecule has 0 rings (SSSR count). The Morgan fingerprint density at radius 2 is 0.920 bits per heavy atom. The third-order valence-corrected chi connectivity index (χ3v) is 5.99. The summed E-state index contributed by atoms with van der Waals surface area (Å²) < 4.78 is 6.83. The van der Waals surface area contributed by atoms with Crippen molar-refractivity contribution in [2.24, 2.45) is 22.7 Å². The summed E-state index contributed by atoms with van der Waals surface area (Å²) in [5, 5.41) is 0. The average molecular weight is 355 g/mol. The minimum absolute atomic E-state index is 0.379. The highest BCUT2D eigenvalue weighted by Crippen LogP contribution is 2.34. The largest absolute Gasteiger partial charge is 0.375 e. The standard InChI is InChI=1S/C24H50O/c1-11-23(7,8)17-21(15-13-19(3)4)25-22(16-14-20(5)6)18-24(9,10)12-2/h19-22H,11-18H2,1-10H3. The summed E-state index contributed by atoms with van der Waals surface area (Å²) >= 11 is 0. The highest BCUT2D eigenvalue weighted by atomic mass is 16.5. The first kappa shape index (κ1) is 25.0. The molecule has 0 radical (unpaired) electrons. The minimum Gasteiger partial charge on any atom is -0.375 e. The van der Waals surface area contributed by atoms with Crippen LogP contribution in [-0.2, 0) is 4.74 Å². The molecule has 0 aromatic carbocycles. The van der Waals surface area contributed by atoms with E-state index in [0.29, 0.717) is 23.0 Å². The molecule has 2 atom stereocenters. The number of rotatable bonds is 14. The van der Waals surface area contributed by atoms with Crippen LogP contribution in [0.3, 0.4) is 0 Å². The van der Waals surface area contributed by atoms with Crippen molar-refractivity contribution in [2.75, 3.05) is 0 Å². The van der Waals surface area contributed by atoms with E-state index in [1.807, 2.05) is 0 Å². The Bertz CT molecular complexity index is 295. The Morgan fingerprint density at radius 3 is 1.16 bits per heavy atom. The maximum atomic E-state index is 6.83. The van der Waals surface area contributed by atoms with Crippen molar-refractivity contribution in [3.63, 3.8) is 0 Å². The molecule has 0 saturated carbocycles. The van der Waals surface area contributed by atoms with E-state index in [-0.39, 0.29) is 0 Å². The lowest BCUT2D eigenvalue weighted by Gasteiger charge is -2.35. The normalized spacial score (nSPS) is 15.8. The summed E-state index contributed by atoms with van der Waals surface area (Å²) in [7, 11) is 0. The first-order chi connectivity index (χ1) is 11.4. The SMILES string of the molecule is CCC(C)(C)CC(CCC(C)C)OC(CCC(C)C)CC(C)(C)CC. The summed E-state index contributed by atoms with van der Waals surface area (Å²) in [5.41, 5.74) is 0.759. The maximum absolute atomic E-state index is 6.83. The van der Waals surface area contributed by atoms with E-state index < -0.39 is 0 Å². The molecule has 0 aromatic heterocycles. The molecule has 152 valence electrons. The maximum Gasteiger partial charge on any atom is 0.0584 e. The second-order valence-electron chi connectivity index (χ2n) is 10.8. The number of ether oxygens (including phenoxy) is 1. The fourth-order valence-corrected chi connectivity index (χ4v) is 3.27. The molecule has 0 fully saturated rings. The monoisotopic (exact) mass is 354 g/mol. The predicted molar refractivity (Wildman–Crippen MR) is 114 cm³/mol. The van der Waals surface area contributed by atoms with E-state index in [2.05, 4.69) is 69.2 Å². The van der Waals surface area contributed by atoms with Crippen LogP contribution >= 0.6 is 0 Å². The summed E-state index contributed by atoms with van der Waals surface area (Å²) in [5.74, 6) is 1.52. The van der Waals surface area contributed by atoms with Crippen LogP contribution < -0.4 is 0 Å². The van der Waals surface area contributed by atoms with Crippen LogP contribution in [0, 0.1) is 22.7 Å². The zero-order valence-corrected chi connectivity index (χ0v) is 19.4. The van der Waals surface area contributed by atoms with Crippen LogP contribution in [0.5, 0.6) is 0 Å². The van der Waals surface area contributed by atoms with Gasteiger partial charge in [0.15, 0.2) is 0 Å². The molecule has 0 aliphatic carbocycles. The molecule has 0 aromatic rings. The van der Waals surface area contributed by atoms with Gasteiger partial charge in [0.1, 0.15) is 0 Å². The van der Waals surface area contributed by atoms with Crippen LogP contribution in [-0.4, -0.2) is 12.2 Å². The second-order valence-corrected chi connectivity index (χ2v) is 10.8. The zero-order valence-electron chi connectivity index (χ0n) is 19.4. The van der Waals surface area contributed by atoms with Gasteiger partial charge in [-0.2, -0.15) is 0 Å². The minimum atomic E-state index is 0.379. The van der Waals surface area contributed by atoms with Gasteiger partial charge in [0.05, 0.1) is 12.2 Å². The molecule has 0 heterocycles. The van der Waals surface area contributed by atoms with Gasteiger partial charge in [-0.25, -0.2) is 0 Å². The van der Waals surface area contributed by atoms with Gasteiger partial charge in [-0.1, -0.05) is 82.1 Å². The van der Waals surface area contributed by atoms with Gasteiger partial charge >= 0.3 is 0 Å². The molecule has 25 heavy (non-hydrogen) atoms. The quantitative estimate of drug-likeness (QED) is 0.305. The van der Waals surface area contributed by atoms with E-state index in [0.717, 1.165) is 11.8 Å². The lowest BCUT2D eigenvalue weighted by Crippen LogP contribution is -2.31. The third-order valence-electron chi connectivity index (χ3n) is 5.99. The summed E-state index contributed by atoms with van der Waals surface area (Å²) in [4.78, 5) is 0. The molecule has 0 spiro atoms. The lowest BCUT2D eigenvalue weighted by atomic mass is 9.81. The molecule has 0 saturated heterocycles. The molecular weight excluding hydrogens is 304 g/mol. The zero-order chi connectivity index (χ0) is 19.7. The fraction of sp³-hybridized carbons (Fsp3) is 1.00. The van der Waals surface area contributed by atoms with Crippen LogP contribution in [0.15, 0.2) is 0 Å². The number of hydrogen-bond acceptors (Lipinski definition) is 1. The van der Waals surface area contributed by atoms with E-state index in [1.165, 1.54) is 51.4 Å². The van der Waals surface area contributed by atoms with Gasteiger partial charge in [0, 0.05) is 0 Å². The Labute approximate surface area is 160 Å². The van der Waals surface area contributed by atoms with Gasteiger partial charge < -0.3 is 4.74 Å². The Kier molecular flexibility index (Phi) is 11.6. The van der Waals surface area contributed by atoms with Gasteiger partial charge in [0.2, 0.25) is 0 Å². The Balaban J connectivity index is 5.04. The Hall–Kier alpha value is -0.0400.